The van der Waals surface area contributed by atoms with Gasteiger partial charge in [-0.25, -0.2) is 13.4 Å². The van der Waals surface area contributed by atoms with Crippen LogP contribution in [-0.4, -0.2) is 52.4 Å². The van der Waals surface area contributed by atoms with E-state index in [-0.39, 0.29) is 17.4 Å². The number of nitrogens with zero attached hydrogens (tertiary/aromatic N) is 2. The second kappa shape index (κ2) is 10.3. The average Bonchev–Trinajstić information content (AvgIpc) is 2.69. The largest absolute Gasteiger partial charge is 0.476 e. The van der Waals surface area contributed by atoms with Gasteiger partial charge < -0.3 is 15.4 Å². The fourth-order valence-corrected chi connectivity index (χ4v) is 3.04. The van der Waals surface area contributed by atoms with Crippen molar-refractivity contribution in [2.75, 3.05) is 33.0 Å². The zero-order chi connectivity index (χ0) is 22.2. The Morgan fingerprint density at radius 1 is 1.10 bits per heavy atom. The molecule has 0 saturated carbocycles. The fourth-order valence-electron chi connectivity index (χ4n) is 2.41. The van der Waals surface area contributed by atoms with E-state index in [2.05, 4.69) is 20.6 Å². The number of nitrogens with one attached hydrogen (secondary N) is 2. The van der Waals surface area contributed by atoms with E-state index in [4.69, 9.17) is 4.74 Å². The zero-order valence-corrected chi connectivity index (χ0v) is 17.3. The van der Waals surface area contributed by atoms with Crippen LogP contribution in [0.15, 0.2) is 52.5 Å². The third kappa shape index (κ3) is 7.54. The van der Waals surface area contributed by atoms with Gasteiger partial charge in [-0.2, -0.15) is 13.2 Å². The molecule has 1 heterocycles. The van der Waals surface area contributed by atoms with Gasteiger partial charge in [0.05, 0.1) is 17.0 Å². The molecule has 0 unspecified atom stereocenters. The van der Waals surface area contributed by atoms with Gasteiger partial charge in [0, 0.05) is 32.1 Å². The minimum atomic E-state index is -4.43. The summed E-state index contributed by atoms with van der Waals surface area (Å²) in [5.41, 5.74) is 0.144. The Balaban J connectivity index is 1.70. The Morgan fingerprint density at radius 3 is 2.30 bits per heavy atom. The maximum atomic E-state index is 12.5. The quantitative estimate of drug-likeness (QED) is 0.369. The van der Waals surface area contributed by atoms with Crippen molar-refractivity contribution in [2.24, 2.45) is 4.99 Å². The smallest absolute Gasteiger partial charge is 0.417 e. The Morgan fingerprint density at radius 2 is 1.77 bits per heavy atom. The molecule has 30 heavy (non-hydrogen) atoms. The van der Waals surface area contributed by atoms with E-state index in [1.54, 1.807) is 31.3 Å². The average molecular weight is 444 g/mol. The van der Waals surface area contributed by atoms with Crippen molar-refractivity contribution in [2.45, 2.75) is 17.5 Å². The highest BCUT2D eigenvalue weighted by atomic mass is 32.2. The summed E-state index contributed by atoms with van der Waals surface area (Å²) in [6.45, 7) is 1.12. The Bertz CT molecular complexity index is 944. The molecule has 2 N–H and O–H groups in total. The van der Waals surface area contributed by atoms with Crippen LogP contribution < -0.4 is 15.4 Å². The molecule has 0 aliphatic rings. The number of sulfone groups is 1. The Kier molecular flexibility index (Phi) is 8.04. The molecule has 11 heteroatoms. The molecule has 0 amide bonds. The number of aromatic nitrogens is 1. The van der Waals surface area contributed by atoms with Crippen LogP contribution in [-0.2, 0) is 22.4 Å². The lowest BCUT2D eigenvalue weighted by molar-refractivity contribution is -0.137. The number of rotatable bonds is 8. The molecular formula is C19H23F3N4O3S. The second-order valence-electron chi connectivity index (χ2n) is 6.32. The summed E-state index contributed by atoms with van der Waals surface area (Å²) in [4.78, 5) is 7.98. The number of hydrogen-bond acceptors (Lipinski definition) is 5. The van der Waals surface area contributed by atoms with Crippen LogP contribution in [0.25, 0.3) is 0 Å². The number of guanidine groups is 1. The Hall–Kier alpha value is -2.82. The van der Waals surface area contributed by atoms with E-state index in [0.717, 1.165) is 24.1 Å². The van der Waals surface area contributed by atoms with E-state index < -0.39 is 21.6 Å². The SMILES string of the molecule is CN=C(NCCOc1ccc(C(F)(F)F)cn1)NCCc1ccc(S(C)(=O)=O)cc1. The van der Waals surface area contributed by atoms with Crippen LogP contribution in [0.5, 0.6) is 5.88 Å². The minimum Gasteiger partial charge on any atom is -0.476 e. The van der Waals surface area contributed by atoms with Gasteiger partial charge in [-0.1, -0.05) is 12.1 Å². The summed E-state index contributed by atoms with van der Waals surface area (Å²) in [5.74, 6) is 0.636. The lowest BCUT2D eigenvalue weighted by atomic mass is 10.1. The normalized spacial score (nSPS) is 12.5. The predicted octanol–water partition coefficient (Wildman–Crippen LogP) is 2.29. The van der Waals surface area contributed by atoms with Crippen molar-refractivity contribution in [3.8, 4) is 5.88 Å². The van der Waals surface area contributed by atoms with E-state index in [1.807, 2.05) is 0 Å². The molecule has 0 radical (unpaired) electrons. The number of hydrogen-bond donors (Lipinski definition) is 2. The highest BCUT2D eigenvalue weighted by Gasteiger charge is 2.30. The molecule has 0 bridgehead atoms. The molecule has 0 spiro atoms. The molecular weight excluding hydrogens is 421 g/mol. The monoisotopic (exact) mass is 444 g/mol. The molecule has 1 aromatic carbocycles. The third-order valence-corrected chi connectivity index (χ3v) is 5.12. The molecule has 2 rings (SSSR count). The maximum absolute atomic E-state index is 12.5. The maximum Gasteiger partial charge on any atom is 0.417 e. The van der Waals surface area contributed by atoms with E-state index in [0.29, 0.717) is 25.5 Å². The molecule has 0 fully saturated rings. The van der Waals surface area contributed by atoms with Gasteiger partial charge >= 0.3 is 6.18 Å². The van der Waals surface area contributed by atoms with Crippen LogP contribution in [0.3, 0.4) is 0 Å². The van der Waals surface area contributed by atoms with Crippen LogP contribution in [0.4, 0.5) is 13.2 Å². The first-order chi connectivity index (χ1) is 14.1. The number of ether oxygens (including phenoxy) is 1. The first kappa shape index (κ1) is 23.5. The molecule has 0 saturated heterocycles. The summed E-state index contributed by atoms with van der Waals surface area (Å²) in [6.07, 6.45) is -1.88. The molecule has 7 nitrogen and oxygen atoms in total. The van der Waals surface area contributed by atoms with Gasteiger partial charge in [0.25, 0.3) is 0 Å². The summed E-state index contributed by atoms with van der Waals surface area (Å²) < 4.78 is 65.7. The second-order valence-corrected chi connectivity index (χ2v) is 8.34. The molecule has 0 aliphatic carbocycles. The first-order valence-electron chi connectivity index (χ1n) is 8.99. The third-order valence-electron chi connectivity index (χ3n) is 3.99. The van der Waals surface area contributed by atoms with Gasteiger partial charge in [0.2, 0.25) is 5.88 Å². The van der Waals surface area contributed by atoms with Crippen molar-refractivity contribution in [3.05, 3.63) is 53.7 Å². The van der Waals surface area contributed by atoms with Gasteiger partial charge in [0.1, 0.15) is 6.61 Å². The summed E-state index contributed by atoms with van der Waals surface area (Å²) >= 11 is 0. The van der Waals surface area contributed by atoms with Crippen molar-refractivity contribution in [1.29, 1.82) is 0 Å². The number of halogens is 3. The van der Waals surface area contributed by atoms with Crippen molar-refractivity contribution >= 4 is 15.8 Å². The Labute approximate surface area is 173 Å². The highest BCUT2D eigenvalue weighted by Crippen LogP contribution is 2.29. The minimum absolute atomic E-state index is 0.102. The summed E-state index contributed by atoms with van der Waals surface area (Å²) in [6, 6.07) is 8.76. The van der Waals surface area contributed by atoms with E-state index in [9.17, 15) is 21.6 Å². The molecule has 1 aromatic heterocycles. The summed E-state index contributed by atoms with van der Waals surface area (Å²) in [5, 5.41) is 6.13. The van der Waals surface area contributed by atoms with Gasteiger partial charge in [0.15, 0.2) is 15.8 Å². The fraction of sp³-hybridized carbons (Fsp3) is 0.368. The van der Waals surface area contributed by atoms with E-state index in [1.165, 1.54) is 6.07 Å². The van der Waals surface area contributed by atoms with Gasteiger partial charge in [-0.3, -0.25) is 4.99 Å². The first-order valence-corrected chi connectivity index (χ1v) is 10.9. The van der Waals surface area contributed by atoms with Gasteiger partial charge in [-0.15, -0.1) is 0 Å². The van der Waals surface area contributed by atoms with Crippen LogP contribution in [0, 0.1) is 0 Å². The van der Waals surface area contributed by atoms with Crippen molar-refractivity contribution < 1.29 is 26.3 Å². The van der Waals surface area contributed by atoms with Crippen LogP contribution >= 0.6 is 0 Å². The predicted molar refractivity (Wildman–Crippen MR) is 107 cm³/mol. The van der Waals surface area contributed by atoms with E-state index >= 15 is 0 Å². The van der Waals surface area contributed by atoms with Crippen LogP contribution in [0.1, 0.15) is 11.1 Å². The zero-order valence-electron chi connectivity index (χ0n) is 16.5. The topological polar surface area (TPSA) is 92.7 Å². The standard InChI is InChI=1S/C19H23F3N4O3S/c1-23-18(24-10-9-14-3-6-16(7-4-14)30(2,27)28)25-11-12-29-17-8-5-15(13-26-17)19(20,21)22/h3-8,13H,9-12H2,1-2H3,(H2,23,24,25). The number of benzene rings is 1. The molecule has 164 valence electrons. The van der Waals surface area contributed by atoms with Crippen molar-refractivity contribution in [1.82, 2.24) is 15.6 Å². The van der Waals surface area contributed by atoms with Gasteiger partial charge in [-0.05, 0) is 30.2 Å². The van der Waals surface area contributed by atoms with Crippen LogP contribution in [0.2, 0.25) is 0 Å². The van der Waals surface area contributed by atoms with Crippen molar-refractivity contribution in [3.63, 3.8) is 0 Å². The number of alkyl halides is 3. The summed E-state index contributed by atoms with van der Waals surface area (Å²) in [7, 11) is -1.60. The molecule has 0 aliphatic heterocycles. The lowest BCUT2D eigenvalue weighted by Gasteiger charge is -2.13. The number of pyridine rings is 1. The molecule has 0 atom stereocenters. The highest BCUT2D eigenvalue weighted by molar-refractivity contribution is 7.90. The number of aliphatic imine (C=N–C) groups is 1. The molecule has 2 aromatic rings. The lowest BCUT2D eigenvalue weighted by Crippen LogP contribution is -2.40.